The van der Waals surface area contributed by atoms with E-state index in [1.807, 2.05) is 6.92 Å². The second kappa shape index (κ2) is 4.90. The maximum Gasteiger partial charge on any atom is 0.324 e. The van der Waals surface area contributed by atoms with Crippen LogP contribution in [0.4, 0.5) is 0 Å². The van der Waals surface area contributed by atoms with Crippen LogP contribution in [0.15, 0.2) is 18.2 Å². The molecule has 1 aliphatic rings. The first kappa shape index (κ1) is 11.5. The van der Waals surface area contributed by atoms with Gasteiger partial charge in [0, 0.05) is 0 Å². The average Bonchev–Trinajstić information content (AvgIpc) is 2.77. The molecule has 2 rings (SSSR count). The van der Waals surface area contributed by atoms with Gasteiger partial charge in [0.2, 0.25) is 12.5 Å². The van der Waals surface area contributed by atoms with Crippen molar-refractivity contribution in [2.24, 2.45) is 0 Å². The van der Waals surface area contributed by atoms with Gasteiger partial charge in [-0.05, 0) is 18.6 Å². The van der Waals surface area contributed by atoms with Crippen molar-refractivity contribution in [3.63, 3.8) is 0 Å². The van der Waals surface area contributed by atoms with Crippen LogP contribution >= 0.6 is 22.6 Å². The molecule has 0 saturated carbocycles. The monoisotopic (exact) mass is 334 g/mol. The van der Waals surface area contributed by atoms with Gasteiger partial charge in [0.1, 0.15) is 3.92 Å². The van der Waals surface area contributed by atoms with Crippen molar-refractivity contribution in [3.05, 3.63) is 18.2 Å². The summed E-state index contributed by atoms with van der Waals surface area (Å²) < 4.78 is 15.5. The molecule has 0 amide bonds. The summed E-state index contributed by atoms with van der Waals surface area (Å²) in [5.74, 6) is 1.30. The molecule has 0 radical (unpaired) electrons. The smallest absolute Gasteiger partial charge is 0.324 e. The number of esters is 1. The molecule has 86 valence electrons. The molecule has 1 aliphatic heterocycles. The Morgan fingerprint density at radius 1 is 1.56 bits per heavy atom. The standard InChI is InChI=1S/C11H11IO4/c1-2-7(12)11(13)16-9-5-3-4-8-10(9)15-6-14-8/h3-5,7H,2,6H2,1H3. The summed E-state index contributed by atoms with van der Waals surface area (Å²) in [4.78, 5) is 11.6. The van der Waals surface area contributed by atoms with Crippen molar-refractivity contribution < 1.29 is 19.0 Å². The Balaban J connectivity index is 2.16. The van der Waals surface area contributed by atoms with Crippen molar-refractivity contribution in [1.29, 1.82) is 0 Å². The topological polar surface area (TPSA) is 44.8 Å². The highest BCUT2D eigenvalue weighted by Crippen LogP contribution is 2.40. The minimum absolute atomic E-state index is 0.143. The Morgan fingerprint density at radius 3 is 3.12 bits per heavy atom. The fourth-order valence-corrected chi connectivity index (χ4v) is 1.45. The van der Waals surface area contributed by atoms with Crippen LogP contribution in [0.2, 0.25) is 0 Å². The van der Waals surface area contributed by atoms with Gasteiger partial charge in [-0.1, -0.05) is 35.6 Å². The molecule has 4 nitrogen and oxygen atoms in total. The third-order valence-corrected chi connectivity index (χ3v) is 3.57. The van der Waals surface area contributed by atoms with Gasteiger partial charge in [-0.25, -0.2) is 0 Å². The Kier molecular flexibility index (Phi) is 3.52. The van der Waals surface area contributed by atoms with Gasteiger partial charge in [0.05, 0.1) is 0 Å². The highest BCUT2D eigenvalue weighted by atomic mass is 127. The Morgan fingerprint density at radius 2 is 2.38 bits per heavy atom. The van der Waals surface area contributed by atoms with Gasteiger partial charge >= 0.3 is 5.97 Å². The van der Waals surface area contributed by atoms with Crippen LogP contribution in [-0.2, 0) is 4.79 Å². The highest BCUT2D eigenvalue weighted by molar-refractivity contribution is 14.1. The van der Waals surface area contributed by atoms with Crippen LogP contribution < -0.4 is 14.2 Å². The second-order valence-electron chi connectivity index (χ2n) is 3.29. The number of halogens is 1. The number of alkyl halides is 1. The molecule has 1 aromatic rings. The number of hydrogen-bond acceptors (Lipinski definition) is 4. The van der Waals surface area contributed by atoms with Gasteiger partial charge in [0.25, 0.3) is 0 Å². The summed E-state index contributed by atoms with van der Waals surface area (Å²) in [7, 11) is 0. The maximum absolute atomic E-state index is 11.6. The van der Waals surface area contributed by atoms with E-state index in [0.29, 0.717) is 17.2 Å². The highest BCUT2D eigenvalue weighted by Gasteiger charge is 2.22. The molecule has 16 heavy (non-hydrogen) atoms. The minimum atomic E-state index is -0.257. The Bertz CT molecular complexity index is 405. The van der Waals surface area contributed by atoms with Crippen LogP contribution in [-0.4, -0.2) is 16.7 Å². The van der Waals surface area contributed by atoms with Crippen LogP contribution in [0.3, 0.4) is 0 Å². The molecule has 0 aliphatic carbocycles. The van der Waals surface area contributed by atoms with Crippen LogP contribution in [0.5, 0.6) is 17.2 Å². The molecule has 1 atom stereocenters. The van der Waals surface area contributed by atoms with E-state index in [9.17, 15) is 4.79 Å². The zero-order valence-electron chi connectivity index (χ0n) is 8.73. The first-order valence-electron chi connectivity index (χ1n) is 4.96. The summed E-state index contributed by atoms with van der Waals surface area (Å²) >= 11 is 2.06. The lowest BCUT2D eigenvalue weighted by molar-refractivity contribution is -0.133. The Hall–Kier alpha value is -0.980. The van der Waals surface area contributed by atoms with E-state index in [4.69, 9.17) is 14.2 Å². The van der Waals surface area contributed by atoms with Crippen molar-refractivity contribution in [2.45, 2.75) is 17.3 Å². The number of para-hydroxylation sites is 1. The summed E-state index contributed by atoms with van der Waals surface area (Å²) in [6.45, 7) is 2.11. The van der Waals surface area contributed by atoms with Crippen molar-refractivity contribution >= 4 is 28.6 Å². The van der Waals surface area contributed by atoms with E-state index in [0.717, 1.165) is 6.42 Å². The summed E-state index contributed by atoms with van der Waals surface area (Å²) in [6, 6.07) is 5.25. The molecule has 0 aromatic heterocycles. The van der Waals surface area contributed by atoms with E-state index in [2.05, 4.69) is 22.6 Å². The molecular formula is C11H11IO4. The molecule has 1 heterocycles. The maximum atomic E-state index is 11.6. The normalized spacial score (nSPS) is 14.6. The molecule has 0 N–H and O–H groups in total. The van der Waals surface area contributed by atoms with Crippen LogP contribution in [0.1, 0.15) is 13.3 Å². The SMILES string of the molecule is CCC(I)C(=O)Oc1cccc2c1OCO2. The predicted molar refractivity (Wildman–Crippen MR) is 66.3 cm³/mol. The fourth-order valence-electron chi connectivity index (χ4n) is 1.32. The summed E-state index contributed by atoms with van der Waals surface area (Å²) in [6.07, 6.45) is 0.742. The fraction of sp³-hybridized carbons (Fsp3) is 0.364. The molecule has 0 bridgehead atoms. The molecule has 0 fully saturated rings. The molecule has 0 saturated heterocycles. The first-order chi connectivity index (χ1) is 7.72. The lowest BCUT2D eigenvalue weighted by Gasteiger charge is -2.09. The van der Waals surface area contributed by atoms with Gasteiger partial charge in [-0.15, -0.1) is 0 Å². The van der Waals surface area contributed by atoms with Gasteiger partial charge in [-0.2, -0.15) is 0 Å². The molecular weight excluding hydrogens is 323 g/mol. The van der Waals surface area contributed by atoms with Gasteiger partial charge in [0.15, 0.2) is 11.5 Å². The van der Waals surface area contributed by atoms with E-state index >= 15 is 0 Å². The predicted octanol–water partition coefficient (Wildman–Crippen LogP) is 2.53. The number of carbonyl (C=O) groups excluding carboxylic acids is 1. The quantitative estimate of drug-likeness (QED) is 0.369. The van der Waals surface area contributed by atoms with E-state index < -0.39 is 0 Å². The zero-order valence-corrected chi connectivity index (χ0v) is 10.9. The van der Waals surface area contributed by atoms with E-state index in [-0.39, 0.29) is 16.7 Å². The van der Waals surface area contributed by atoms with Crippen molar-refractivity contribution in [1.82, 2.24) is 0 Å². The number of carbonyl (C=O) groups is 1. The van der Waals surface area contributed by atoms with E-state index in [1.165, 1.54) is 0 Å². The number of fused-ring (bicyclic) bond motifs is 1. The molecule has 0 spiro atoms. The van der Waals surface area contributed by atoms with Crippen molar-refractivity contribution in [3.8, 4) is 17.2 Å². The average molecular weight is 334 g/mol. The molecule has 1 unspecified atom stereocenters. The number of benzene rings is 1. The largest absolute Gasteiger partial charge is 0.453 e. The van der Waals surface area contributed by atoms with Crippen molar-refractivity contribution in [2.75, 3.05) is 6.79 Å². The lowest BCUT2D eigenvalue weighted by atomic mass is 10.3. The minimum Gasteiger partial charge on any atom is -0.453 e. The third-order valence-electron chi connectivity index (χ3n) is 2.19. The summed E-state index contributed by atoms with van der Waals surface area (Å²) in [5, 5.41) is 0. The number of ether oxygens (including phenoxy) is 3. The van der Waals surface area contributed by atoms with Gasteiger partial charge < -0.3 is 14.2 Å². The second-order valence-corrected chi connectivity index (χ2v) is 4.79. The zero-order chi connectivity index (χ0) is 11.5. The van der Waals surface area contributed by atoms with Crippen LogP contribution in [0, 0.1) is 0 Å². The Labute approximate surface area is 107 Å². The number of hydrogen-bond donors (Lipinski definition) is 0. The molecule has 1 aromatic carbocycles. The van der Waals surface area contributed by atoms with Gasteiger partial charge in [-0.3, -0.25) is 4.79 Å². The first-order valence-corrected chi connectivity index (χ1v) is 6.21. The lowest BCUT2D eigenvalue weighted by Crippen LogP contribution is -2.19. The molecule has 5 heteroatoms. The summed E-state index contributed by atoms with van der Waals surface area (Å²) in [5.41, 5.74) is 0. The number of rotatable bonds is 3. The van der Waals surface area contributed by atoms with Crippen LogP contribution in [0.25, 0.3) is 0 Å². The van der Waals surface area contributed by atoms with E-state index in [1.54, 1.807) is 18.2 Å². The third kappa shape index (κ3) is 2.23.